The summed E-state index contributed by atoms with van der Waals surface area (Å²) in [4.78, 5) is 4.39. The fourth-order valence-corrected chi connectivity index (χ4v) is 4.03. The van der Waals surface area contributed by atoms with Gasteiger partial charge in [0.25, 0.3) is 5.89 Å². The predicted molar refractivity (Wildman–Crippen MR) is 107 cm³/mol. The molecule has 142 valence electrons. The lowest BCUT2D eigenvalue weighted by atomic mass is 10.1. The molecule has 9 heteroatoms. The fourth-order valence-electron chi connectivity index (χ4n) is 2.75. The van der Waals surface area contributed by atoms with Crippen LogP contribution in [0.25, 0.3) is 17.0 Å². The van der Waals surface area contributed by atoms with Gasteiger partial charge >= 0.3 is 10.2 Å². The van der Waals surface area contributed by atoms with E-state index in [1.807, 2.05) is 30.3 Å². The van der Waals surface area contributed by atoms with Crippen LogP contribution in [0.4, 0.5) is 0 Å². The molecule has 2 heterocycles. The molecule has 0 radical (unpaired) electrons. The van der Waals surface area contributed by atoms with Crippen molar-refractivity contribution in [1.82, 2.24) is 14.4 Å². The van der Waals surface area contributed by atoms with Gasteiger partial charge < -0.3 is 4.52 Å². The van der Waals surface area contributed by atoms with E-state index < -0.39 is 10.2 Å². The number of halogens is 1. The third-order valence-electron chi connectivity index (χ3n) is 4.18. The largest absolute Gasteiger partial charge is 0.344 e. The van der Waals surface area contributed by atoms with E-state index in [1.54, 1.807) is 31.2 Å². The summed E-state index contributed by atoms with van der Waals surface area (Å²) in [6.45, 7) is 1.63. The summed E-state index contributed by atoms with van der Waals surface area (Å²) in [5.41, 5.74) is 2.17. The van der Waals surface area contributed by atoms with Gasteiger partial charge in [0.05, 0.1) is 17.8 Å². The second-order valence-electron chi connectivity index (χ2n) is 6.12. The fraction of sp³-hybridized carbons (Fsp3) is 0.105. The number of rotatable bonds is 4. The lowest BCUT2D eigenvalue weighted by Gasteiger charge is -2.23. The average molecular weight is 415 g/mol. The SMILES string of the molecule is CC1=NS(=O)(=O)N(Cc2ccccc2Cl)C=C1c1nc(-c2ccccc2)no1. The Morgan fingerprint density at radius 2 is 1.79 bits per heavy atom. The standard InChI is InChI=1S/C19H15ClN4O3S/c1-13-16(19-21-18(22-27-19)14-7-3-2-4-8-14)12-24(28(25,26)23-13)11-15-9-5-6-10-17(15)20/h2-10,12H,11H2,1H3. The van der Waals surface area contributed by atoms with Crippen LogP contribution in [-0.4, -0.2) is 28.6 Å². The van der Waals surface area contributed by atoms with Crippen LogP contribution in [0.2, 0.25) is 5.02 Å². The highest BCUT2D eigenvalue weighted by Gasteiger charge is 2.28. The zero-order valence-corrected chi connectivity index (χ0v) is 16.4. The molecule has 1 aliphatic rings. The normalized spacial score (nSPS) is 15.9. The summed E-state index contributed by atoms with van der Waals surface area (Å²) in [6.07, 6.45) is 1.45. The topological polar surface area (TPSA) is 88.7 Å². The van der Waals surface area contributed by atoms with Crippen molar-refractivity contribution >= 4 is 33.1 Å². The van der Waals surface area contributed by atoms with Gasteiger partial charge in [-0.2, -0.15) is 13.4 Å². The molecule has 2 aromatic carbocycles. The number of hydrogen-bond donors (Lipinski definition) is 0. The molecule has 0 spiro atoms. The minimum atomic E-state index is -3.88. The number of hydrogen-bond acceptors (Lipinski definition) is 5. The molecule has 0 saturated heterocycles. The Labute approximate surface area is 167 Å². The maximum atomic E-state index is 12.5. The Morgan fingerprint density at radius 3 is 2.54 bits per heavy atom. The molecular formula is C19H15ClN4O3S. The highest BCUT2D eigenvalue weighted by Crippen LogP contribution is 2.28. The van der Waals surface area contributed by atoms with Crippen molar-refractivity contribution in [3.8, 4) is 11.4 Å². The quantitative estimate of drug-likeness (QED) is 0.644. The molecule has 0 saturated carbocycles. The number of aromatic nitrogens is 2. The van der Waals surface area contributed by atoms with Crippen LogP contribution in [0.15, 0.2) is 69.7 Å². The second-order valence-corrected chi connectivity index (χ2v) is 8.08. The van der Waals surface area contributed by atoms with Crippen molar-refractivity contribution in [1.29, 1.82) is 0 Å². The highest BCUT2D eigenvalue weighted by atomic mass is 35.5. The van der Waals surface area contributed by atoms with E-state index in [0.29, 0.717) is 22.0 Å². The Kier molecular flexibility index (Phi) is 4.74. The van der Waals surface area contributed by atoms with Crippen molar-refractivity contribution in [3.05, 3.63) is 77.3 Å². The molecule has 1 aliphatic heterocycles. The van der Waals surface area contributed by atoms with Gasteiger partial charge in [-0.3, -0.25) is 4.31 Å². The minimum absolute atomic E-state index is 0.0436. The first-order chi connectivity index (χ1) is 13.4. The van der Waals surface area contributed by atoms with Crippen molar-refractivity contribution in [2.45, 2.75) is 13.5 Å². The van der Waals surface area contributed by atoms with Crippen LogP contribution in [0.3, 0.4) is 0 Å². The molecule has 1 aromatic heterocycles. The van der Waals surface area contributed by atoms with Gasteiger partial charge in [-0.05, 0) is 18.6 Å². The number of allylic oxidation sites excluding steroid dienone is 1. The molecule has 28 heavy (non-hydrogen) atoms. The van der Waals surface area contributed by atoms with Crippen LogP contribution < -0.4 is 0 Å². The highest BCUT2D eigenvalue weighted by molar-refractivity contribution is 7.88. The molecule has 0 bridgehead atoms. The van der Waals surface area contributed by atoms with Gasteiger partial charge in [0.1, 0.15) is 0 Å². The molecule has 4 rings (SSSR count). The van der Waals surface area contributed by atoms with E-state index in [-0.39, 0.29) is 18.1 Å². The van der Waals surface area contributed by atoms with Gasteiger partial charge in [-0.15, -0.1) is 4.40 Å². The lowest BCUT2D eigenvalue weighted by Crippen LogP contribution is -2.29. The zero-order chi connectivity index (χ0) is 19.7. The van der Waals surface area contributed by atoms with E-state index in [2.05, 4.69) is 14.5 Å². The zero-order valence-electron chi connectivity index (χ0n) is 14.8. The molecule has 0 fully saturated rings. The van der Waals surface area contributed by atoms with E-state index in [1.165, 1.54) is 6.20 Å². The first-order valence-electron chi connectivity index (χ1n) is 8.37. The summed E-state index contributed by atoms with van der Waals surface area (Å²) < 4.78 is 35.3. The Morgan fingerprint density at radius 1 is 1.07 bits per heavy atom. The molecule has 0 amide bonds. The van der Waals surface area contributed by atoms with Crippen molar-refractivity contribution < 1.29 is 12.9 Å². The van der Waals surface area contributed by atoms with Crippen LogP contribution in [0, 0.1) is 0 Å². The van der Waals surface area contributed by atoms with Crippen LogP contribution in [0.1, 0.15) is 18.4 Å². The summed E-state index contributed by atoms with van der Waals surface area (Å²) in [5, 5.41) is 4.46. The lowest BCUT2D eigenvalue weighted by molar-refractivity contribution is 0.408. The summed E-state index contributed by atoms with van der Waals surface area (Å²) >= 11 is 6.17. The van der Waals surface area contributed by atoms with Gasteiger partial charge in [0.2, 0.25) is 5.82 Å². The van der Waals surface area contributed by atoms with E-state index in [0.717, 1.165) is 9.87 Å². The average Bonchev–Trinajstić information content (AvgIpc) is 3.15. The monoisotopic (exact) mass is 414 g/mol. The molecular weight excluding hydrogens is 400 g/mol. The molecule has 0 N–H and O–H groups in total. The first kappa shape index (κ1) is 18.4. The van der Waals surface area contributed by atoms with Gasteiger partial charge in [0.15, 0.2) is 0 Å². The van der Waals surface area contributed by atoms with Gasteiger partial charge in [-0.1, -0.05) is 65.3 Å². The molecule has 0 unspecified atom stereocenters. The van der Waals surface area contributed by atoms with Gasteiger partial charge in [0, 0.05) is 16.8 Å². The Hall–Kier alpha value is -2.97. The molecule has 0 aliphatic carbocycles. The van der Waals surface area contributed by atoms with Crippen LogP contribution in [0.5, 0.6) is 0 Å². The van der Waals surface area contributed by atoms with Crippen molar-refractivity contribution in [2.75, 3.05) is 0 Å². The smallest absolute Gasteiger partial charge is 0.333 e. The Balaban J connectivity index is 1.70. The maximum absolute atomic E-state index is 12.5. The van der Waals surface area contributed by atoms with E-state index >= 15 is 0 Å². The Bertz CT molecular complexity index is 1190. The van der Waals surface area contributed by atoms with E-state index in [4.69, 9.17) is 16.1 Å². The maximum Gasteiger partial charge on any atom is 0.344 e. The summed E-state index contributed by atoms with van der Waals surface area (Å²) in [5.74, 6) is 0.606. The first-order valence-corrected chi connectivity index (χ1v) is 10.1. The number of nitrogens with zero attached hydrogens (tertiary/aromatic N) is 4. The van der Waals surface area contributed by atoms with Gasteiger partial charge in [-0.25, -0.2) is 0 Å². The minimum Gasteiger partial charge on any atom is -0.333 e. The van der Waals surface area contributed by atoms with Crippen LogP contribution in [-0.2, 0) is 16.8 Å². The molecule has 3 aromatic rings. The van der Waals surface area contributed by atoms with Crippen molar-refractivity contribution in [3.63, 3.8) is 0 Å². The molecule has 0 atom stereocenters. The third-order valence-corrected chi connectivity index (χ3v) is 5.88. The molecule has 7 nitrogen and oxygen atoms in total. The third kappa shape index (κ3) is 3.56. The van der Waals surface area contributed by atoms with Crippen LogP contribution >= 0.6 is 11.6 Å². The number of benzene rings is 2. The van der Waals surface area contributed by atoms with Crippen molar-refractivity contribution in [2.24, 2.45) is 4.40 Å². The predicted octanol–water partition coefficient (Wildman–Crippen LogP) is 3.95. The van der Waals surface area contributed by atoms with E-state index in [9.17, 15) is 8.42 Å². The summed E-state index contributed by atoms with van der Waals surface area (Å²) in [6, 6.07) is 16.4. The summed E-state index contributed by atoms with van der Waals surface area (Å²) in [7, 11) is -3.88. The second kappa shape index (κ2) is 7.21.